The molecule has 5 nitrogen and oxygen atoms in total. The molecule has 0 unspecified atom stereocenters. The van der Waals surface area contributed by atoms with Crippen molar-refractivity contribution in [2.75, 3.05) is 7.05 Å². The van der Waals surface area contributed by atoms with Crippen LogP contribution in [0.4, 0.5) is 4.39 Å². The largest absolute Gasteiger partial charge is 0.338 e. The number of nitrogens with one attached hydrogen (secondary N) is 1. The Kier molecular flexibility index (Phi) is 3.89. The minimum atomic E-state index is -0.363. The van der Waals surface area contributed by atoms with Gasteiger partial charge in [0.2, 0.25) is 5.91 Å². The van der Waals surface area contributed by atoms with Gasteiger partial charge in [-0.3, -0.25) is 9.89 Å². The number of benzene rings is 1. The van der Waals surface area contributed by atoms with E-state index in [1.54, 1.807) is 32.2 Å². The van der Waals surface area contributed by atoms with E-state index in [0.29, 0.717) is 23.8 Å². The van der Waals surface area contributed by atoms with E-state index in [9.17, 15) is 9.18 Å². The number of carbonyl (C=O) groups is 1. The zero-order valence-corrected chi connectivity index (χ0v) is 10.9. The van der Waals surface area contributed by atoms with Crippen molar-refractivity contribution >= 4 is 5.91 Å². The van der Waals surface area contributed by atoms with E-state index in [2.05, 4.69) is 15.2 Å². The number of aryl methyl sites for hydroxylation is 1. The number of carbonyl (C=O) groups excluding carboxylic acids is 1. The molecule has 0 aliphatic rings. The average molecular weight is 262 g/mol. The van der Waals surface area contributed by atoms with Crippen molar-refractivity contribution < 1.29 is 9.18 Å². The second-order valence-corrected chi connectivity index (χ2v) is 4.36. The maximum Gasteiger partial charge on any atom is 0.227 e. The molecule has 0 fully saturated rings. The molecule has 0 radical (unpaired) electrons. The van der Waals surface area contributed by atoms with Crippen LogP contribution in [-0.2, 0) is 17.8 Å². The summed E-state index contributed by atoms with van der Waals surface area (Å²) in [6.07, 6.45) is 0.0343. The summed E-state index contributed by atoms with van der Waals surface area (Å²) >= 11 is 0. The molecular formula is C13H15FN4O. The van der Waals surface area contributed by atoms with Crippen molar-refractivity contribution in [3.63, 3.8) is 0 Å². The highest BCUT2D eigenvalue weighted by atomic mass is 19.1. The molecule has 100 valence electrons. The Bertz CT molecular complexity index is 582. The summed E-state index contributed by atoms with van der Waals surface area (Å²) < 4.78 is 13.4. The third-order valence-corrected chi connectivity index (χ3v) is 2.75. The van der Waals surface area contributed by atoms with E-state index < -0.39 is 0 Å². The zero-order chi connectivity index (χ0) is 13.8. The third kappa shape index (κ3) is 3.37. The predicted octanol–water partition coefficient (Wildman–Crippen LogP) is 1.45. The Morgan fingerprint density at radius 1 is 1.42 bits per heavy atom. The molecule has 2 aromatic rings. The van der Waals surface area contributed by atoms with Gasteiger partial charge in [0.1, 0.15) is 11.6 Å². The number of likely N-dealkylation sites (N-methyl/N-ethyl adjacent to an activating group) is 1. The van der Waals surface area contributed by atoms with Crippen LogP contribution in [0.3, 0.4) is 0 Å². The predicted molar refractivity (Wildman–Crippen MR) is 67.7 cm³/mol. The number of amides is 1. The first-order chi connectivity index (χ1) is 9.06. The number of hydrogen-bond donors (Lipinski definition) is 1. The van der Waals surface area contributed by atoms with Crippen LogP contribution in [0, 0.1) is 12.7 Å². The van der Waals surface area contributed by atoms with Gasteiger partial charge in [-0.2, -0.15) is 5.10 Å². The summed E-state index contributed by atoms with van der Waals surface area (Å²) in [7, 11) is 1.65. The maximum atomic E-state index is 13.4. The standard InChI is InChI=1S/C13H15FN4O/c1-9-15-12(17-16-9)8-18(2)13(19)7-10-5-3-4-6-11(10)14/h3-6H,7-8H2,1-2H3,(H,15,16,17). The van der Waals surface area contributed by atoms with E-state index in [-0.39, 0.29) is 18.1 Å². The van der Waals surface area contributed by atoms with Gasteiger partial charge in [-0.15, -0.1) is 0 Å². The Morgan fingerprint density at radius 3 is 2.79 bits per heavy atom. The molecule has 0 atom stereocenters. The fraction of sp³-hybridized carbons (Fsp3) is 0.308. The monoisotopic (exact) mass is 262 g/mol. The molecule has 0 spiro atoms. The average Bonchev–Trinajstić information content (AvgIpc) is 2.77. The van der Waals surface area contributed by atoms with E-state index in [1.165, 1.54) is 11.0 Å². The lowest BCUT2D eigenvalue weighted by atomic mass is 10.1. The van der Waals surface area contributed by atoms with Crippen LogP contribution in [0.5, 0.6) is 0 Å². The van der Waals surface area contributed by atoms with Gasteiger partial charge in [0, 0.05) is 7.05 Å². The second kappa shape index (κ2) is 5.60. The maximum absolute atomic E-state index is 13.4. The number of nitrogens with zero attached hydrogens (tertiary/aromatic N) is 3. The van der Waals surface area contributed by atoms with Crippen LogP contribution < -0.4 is 0 Å². The number of aromatic amines is 1. The summed E-state index contributed by atoms with van der Waals surface area (Å²) in [5, 5.41) is 6.67. The molecule has 6 heteroatoms. The van der Waals surface area contributed by atoms with Crippen molar-refractivity contribution in [1.82, 2.24) is 20.1 Å². The molecule has 2 rings (SSSR count). The summed E-state index contributed by atoms with van der Waals surface area (Å²) in [5.74, 6) is 0.706. The van der Waals surface area contributed by atoms with Gasteiger partial charge in [0.15, 0.2) is 5.82 Å². The molecule has 0 saturated carbocycles. The molecule has 19 heavy (non-hydrogen) atoms. The Morgan fingerprint density at radius 2 is 2.16 bits per heavy atom. The molecule has 1 aromatic heterocycles. The number of rotatable bonds is 4. The molecule has 0 aliphatic heterocycles. The zero-order valence-electron chi connectivity index (χ0n) is 10.9. The lowest BCUT2D eigenvalue weighted by molar-refractivity contribution is -0.129. The summed E-state index contributed by atoms with van der Waals surface area (Å²) in [5.41, 5.74) is 0.394. The molecule has 0 bridgehead atoms. The molecule has 0 aliphatic carbocycles. The van der Waals surface area contributed by atoms with Crippen molar-refractivity contribution in [3.05, 3.63) is 47.3 Å². The quantitative estimate of drug-likeness (QED) is 0.907. The van der Waals surface area contributed by atoms with E-state index in [4.69, 9.17) is 0 Å². The van der Waals surface area contributed by atoms with Crippen molar-refractivity contribution in [3.8, 4) is 0 Å². The van der Waals surface area contributed by atoms with E-state index >= 15 is 0 Å². The summed E-state index contributed by atoms with van der Waals surface area (Å²) in [6.45, 7) is 2.09. The number of aromatic nitrogens is 3. The number of halogens is 1. The van der Waals surface area contributed by atoms with Gasteiger partial charge in [-0.25, -0.2) is 9.37 Å². The lowest BCUT2D eigenvalue weighted by Gasteiger charge is -2.15. The topological polar surface area (TPSA) is 61.9 Å². The molecule has 1 heterocycles. The van der Waals surface area contributed by atoms with Gasteiger partial charge in [0.25, 0.3) is 0 Å². The third-order valence-electron chi connectivity index (χ3n) is 2.75. The summed E-state index contributed by atoms with van der Waals surface area (Å²) in [4.78, 5) is 17.6. The van der Waals surface area contributed by atoms with Crippen LogP contribution in [0.2, 0.25) is 0 Å². The highest BCUT2D eigenvalue weighted by Gasteiger charge is 2.14. The first kappa shape index (κ1) is 13.2. The van der Waals surface area contributed by atoms with Crippen molar-refractivity contribution in [2.45, 2.75) is 19.9 Å². The normalized spacial score (nSPS) is 10.5. The minimum Gasteiger partial charge on any atom is -0.338 e. The van der Waals surface area contributed by atoms with Gasteiger partial charge >= 0.3 is 0 Å². The Balaban J connectivity index is 1.98. The first-order valence-corrected chi connectivity index (χ1v) is 5.91. The molecule has 1 aromatic carbocycles. The number of H-pyrrole nitrogens is 1. The van der Waals surface area contributed by atoms with Crippen LogP contribution in [0.1, 0.15) is 17.2 Å². The van der Waals surface area contributed by atoms with Gasteiger partial charge in [0.05, 0.1) is 13.0 Å². The first-order valence-electron chi connectivity index (χ1n) is 5.91. The highest BCUT2D eigenvalue weighted by Crippen LogP contribution is 2.09. The van der Waals surface area contributed by atoms with E-state index in [0.717, 1.165) is 0 Å². The molecule has 1 N–H and O–H groups in total. The molecule has 0 saturated heterocycles. The fourth-order valence-electron chi connectivity index (χ4n) is 1.70. The van der Waals surface area contributed by atoms with Gasteiger partial charge in [-0.05, 0) is 18.6 Å². The van der Waals surface area contributed by atoms with Crippen LogP contribution in [0.25, 0.3) is 0 Å². The van der Waals surface area contributed by atoms with Gasteiger partial charge in [-0.1, -0.05) is 18.2 Å². The van der Waals surface area contributed by atoms with E-state index in [1.807, 2.05) is 0 Å². The summed E-state index contributed by atoms with van der Waals surface area (Å²) in [6, 6.07) is 6.27. The van der Waals surface area contributed by atoms with Crippen LogP contribution in [0.15, 0.2) is 24.3 Å². The van der Waals surface area contributed by atoms with Crippen molar-refractivity contribution in [2.24, 2.45) is 0 Å². The highest BCUT2D eigenvalue weighted by molar-refractivity contribution is 5.78. The van der Waals surface area contributed by atoms with Crippen LogP contribution in [-0.4, -0.2) is 33.0 Å². The Hall–Kier alpha value is -2.24. The SMILES string of the molecule is Cc1nc(CN(C)C(=O)Cc2ccccc2F)n[nH]1. The smallest absolute Gasteiger partial charge is 0.227 e. The molecular weight excluding hydrogens is 247 g/mol. The van der Waals surface area contributed by atoms with Crippen LogP contribution >= 0.6 is 0 Å². The minimum absolute atomic E-state index is 0.0343. The Labute approximate surface area is 110 Å². The molecule has 1 amide bonds. The number of hydrogen-bond acceptors (Lipinski definition) is 3. The van der Waals surface area contributed by atoms with Crippen molar-refractivity contribution in [1.29, 1.82) is 0 Å². The second-order valence-electron chi connectivity index (χ2n) is 4.36. The van der Waals surface area contributed by atoms with Gasteiger partial charge < -0.3 is 4.90 Å². The lowest BCUT2D eigenvalue weighted by Crippen LogP contribution is -2.28. The fourth-order valence-corrected chi connectivity index (χ4v) is 1.70.